The summed E-state index contributed by atoms with van der Waals surface area (Å²) < 4.78 is 20.7. The molecule has 15 heteroatoms. The van der Waals surface area contributed by atoms with Crippen LogP contribution < -0.4 is 10.0 Å². The predicted molar refractivity (Wildman–Crippen MR) is 146 cm³/mol. The van der Waals surface area contributed by atoms with E-state index >= 15 is 0 Å². The monoisotopic (exact) mass is 566 g/mol. The highest BCUT2D eigenvalue weighted by atomic mass is 32.1. The molecule has 0 amide bonds. The van der Waals surface area contributed by atoms with E-state index in [0.717, 1.165) is 16.6 Å². The number of H-pyrrole nitrogens is 1. The second-order valence-corrected chi connectivity index (χ2v) is 9.90. The highest BCUT2D eigenvalue weighted by Gasteiger charge is 2.43. The molecule has 0 saturated carbocycles. The van der Waals surface area contributed by atoms with Crippen LogP contribution in [0.25, 0.3) is 33.3 Å². The normalized spacial score (nSPS) is 14.2. The van der Waals surface area contributed by atoms with Crippen LogP contribution in [0.4, 0.5) is 10.9 Å². The Kier molecular flexibility index (Phi) is 5.14. The van der Waals surface area contributed by atoms with Crippen LogP contribution in [0, 0.1) is 0 Å². The van der Waals surface area contributed by atoms with Crippen molar-refractivity contribution in [2.45, 2.75) is 0 Å². The summed E-state index contributed by atoms with van der Waals surface area (Å²) >= 11 is 2.67. The summed E-state index contributed by atoms with van der Waals surface area (Å²) in [5.41, 5.74) is 3.84. The summed E-state index contributed by atoms with van der Waals surface area (Å²) in [5, 5.41) is 27.2. The van der Waals surface area contributed by atoms with Gasteiger partial charge < -0.3 is 18.4 Å². The number of rotatable bonds is 6. The molecule has 7 aromatic rings. The van der Waals surface area contributed by atoms with Gasteiger partial charge in [-0.05, 0) is 11.5 Å². The van der Waals surface area contributed by atoms with E-state index in [9.17, 15) is 0 Å². The molecule has 0 saturated heterocycles. The predicted octanol–water partition coefficient (Wildman–Crippen LogP) is 5.21. The molecule has 194 valence electrons. The number of hydrogen-bond acceptors (Lipinski definition) is 14. The summed E-state index contributed by atoms with van der Waals surface area (Å²) in [6, 6.07) is 9.81. The number of nitrogens with zero attached hydrogens (tertiary/aromatic N) is 9. The molecule has 0 unspecified atom stereocenters. The summed E-state index contributed by atoms with van der Waals surface area (Å²) in [5.74, 6) is 1.06. The molecule has 1 aromatic carbocycles. The van der Waals surface area contributed by atoms with E-state index in [1.165, 1.54) is 41.7 Å². The van der Waals surface area contributed by atoms with Gasteiger partial charge in [0.25, 0.3) is 0 Å². The first-order chi connectivity index (χ1) is 19.9. The third kappa shape index (κ3) is 3.41. The van der Waals surface area contributed by atoms with Crippen LogP contribution in [-0.2, 0) is 0 Å². The zero-order valence-corrected chi connectivity index (χ0v) is 21.7. The van der Waals surface area contributed by atoms with Crippen molar-refractivity contribution in [2.24, 2.45) is 0 Å². The molecule has 0 radical (unpaired) electrons. The summed E-state index contributed by atoms with van der Waals surface area (Å²) in [7, 11) is 0. The second kappa shape index (κ2) is 9.11. The number of hydrogen-bond donors (Lipinski definition) is 1. The van der Waals surface area contributed by atoms with Crippen molar-refractivity contribution in [1.29, 1.82) is 0 Å². The topological polar surface area (TPSA) is 152 Å². The second-order valence-electron chi connectivity index (χ2n) is 8.41. The van der Waals surface area contributed by atoms with Gasteiger partial charge in [0.05, 0.1) is 11.8 Å². The highest BCUT2D eigenvalue weighted by molar-refractivity contribution is 7.13. The zero-order chi connectivity index (χ0) is 26.5. The lowest BCUT2D eigenvalue weighted by Crippen LogP contribution is -2.44. The number of nitrogens with one attached hydrogen (secondary N) is 1. The number of anilines is 2. The van der Waals surface area contributed by atoms with Gasteiger partial charge in [-0.1, -0.05) is 33.9 Å². The average molecular weight is 567 g/mol. The van der Waals surface area contributed by atoms with E-state index in [1.807, 2.05) is 51.2 Å². The first kappa shape index (κ1) is 22.6. The van der Waals surface area contributed by atoms with Crippen LogP contribution in [0.3, 0.4) is 0 Å². The van der Waals surface area contributed by atoms with Gasteiger partial charge in [0.15, 0.2) is 6.26 Å². The fourth-order valence-electron chi connectivity index (χ4n) is 4.75. The molecule has 0 aliphatic carbocycles. The third-order valence-corrected chi connectivity index (χ3v) is 7.54. The van der Waals surface area contributed by atoms with Gasteiger partial charge in [-0.2, -0.15) is 0 Å². The van der Waals surface area contributed by atoms with Crippen LogP contribution in [0.1, 0.15) is 23.0 Å². The number of allylic oxidation sites excluding steroid dienone is 2. The molecular weight excluding hydrogens is 552 g/mol. The van der Waals surface area contributed by atoms with E-state index in [-0.39, 0.29) is 0 Å². The molecular formula is C25H14N10O3S2. The summed E-state index contributed by atoms with van der Waals surface area (Å²) in [6.45, 7) is 0. The van der Waals surface area contributed by atoms with Gasteiger partial charge in [-0.3, -0.25) is 0 Å². The van der Waals surface area contributed by atoms with Gasteiger partial charge >= 0.3 is 0 Å². The Morgan fingerprint density at radius 1 is 0.850 bits per heavy atom. The number of oxazole rings is 1. The number of thiazole rings is 1. The van der Waals surface area contributed by atoms with E-state index < -0.39 is 0 Å². The van der Waals surface area contributed by atoms with Gasteiger partial charge in [-0.25, -0.2) is 20.0 Å². The Bertz CT molecular complexity index is 1960. The number of hydrazine groups is 1. The van der Waals surface area contributed by atoms with Crippen molar-refractivity contribution in [3.63, 3.8) is 0 Å². The highest BCUT2D eigenvalue weighted by Crippen LogP contribution is 2.51. The van der Waals surface area contributed by atoms with Crippen molar-refractivity contribution < 1.29 is 13.5 Å². The van der Waals surface area contributed by atoms with E-state index in [2.05, 4.69) is 35.1 Å². The van der Waals surface area contributed by atoms with Crippen LogP contribution in [0.15, 0.2) is 91.9 Å². The smallest absolute Gasteiger partial charge is 0.228 e. The third-order valence-electron chi connectivity index (χ3n) is 6.29. The van der Waals surface area contributed by atoms with Crippen LogP contribution >= 0.6 is 22.9 Å². The van der Waals surface area contributed by atoms with E-state index in [0.29, 0.717) is 50.6 Å². The van der Waals surface area contributed by atoms with Gasteiger partial charge in [-0.15, -0.1) is 21.5 Å². The molecule has 1 aliphatic heterocycles. The number of fused-ring (bicyclic) bond motifs is 1. The fraction of sp³-hybridized carbons (Fsp3) is 0. The standard InChI is InChI=1S/C25H14N10O3S2/c1-2-4-15-14(3-1)11-28-23(15)34-21(16-5-8-37-31-16)19(17-12-38-32-29-17)20(24-26-6-9-36-24)22(18-13-40-33-30-18)35(34)25-27-7-10-39-25/h1-13,28H. The largest absolute Gasteiger partial charge is 0.444 e. The fourth-order valence-corrected chi connectivity index (χ4v) is 5.83. The number of benzene rings is 1. The van der Waals surface area contributed by atoms with Crippen molar-refractivity contribution in [1.82, 2.24) is 40.1 Å². The van der Waals surface area contributed by atoms with Crippen molar-refractivity contribution >= 4 is 67.1 Å². The minimum absolute atomic E-state index is 0.319. The lowest BCUT2D eigenvalue weighted by atomic mass is 9.93. The molecule has 40 heavy (non-hydrogen) atoms. The Labute approximate surface area is 231 Å². The first-order valence-corrected chi connectivity index (χ1v) is 13.5. The van der Waals surface area contributed by atoms with Crippen molar-refractivity contribution in [3.05, 3.63) is 101 Å². The van der Waals surface area contributed by atoms with Gasteiger partial charge in [0, 0.05) is 50.8 Å². The minimum atomic E-state index is 0.319. The molecule has 0 bridgehead atoms. The zero-order valence-electron chi connectivity index (χ0n) is 20.1. The maximum atomic E-state index is 5.92. The molecule has 0 fully saturated rings. The Morgan fingerprint density at radius 2 is 1.80 bits per heavy atom. The first-order valence-electron chi connectivity index (χ1n) is 11.8. The van der Waals surface area contributed by atoms with Gasteiger partial charge in [0.1, 0.15) is 46.8 Å². The lowest BCUT2D eigenvalue weighted by molar-refractivity contribution is 0.393. The van der Waals surface area contributed by atoms with Crippen LogP contribution in [-0.4, -0.2) is 40.1 Å². The number of aromatic amines is 1. The van der Waals surface area contributed by atoms with E-state index in [1.54, 1.807) is 18.5 Å². The van der Waals surface area contributed by atoms with Crippen molar-refractivity contribution in [3.8, 4) is 0 Å². The molecule has 6 aromatic heterocycles. The van der Waals surface area contributed by atoms with Gasteiger partial charge in [0.2, 0.25) is 11.0 Å². The SMILES string of the molecule is c1ccc2c(N3C(c4ccon4)=C(c4conn4)C(c4ncco4)=C(c4csnn4)N3c3nccs3)[nH]cc2c1. The summed E-state index contributed by atoms with van der Waals surface area (Å²) in [4.78, 5) is 12.7. The molecule has 1 N–H and O–H groups in total. The maximum Gasteiger partial charge on any atom is 0.228 e. The summed E-state index contributed by atoms with van der Waals surface area (Å²) in [6.07, 6.45) is 9.73. The maximum absolute atomic E-state index is 5.92. The average Bonchev–Trinajstić information content (AvgIpc) is 3.84. The van der Waals surface area contributed by atoms with E-state index in [4.69, 9.17) is 18.4 Å². The molecule has 13 nitrogen and oxygen atoms in total. The molecule has 0 atom stereocenters. The number of aromatic nitrogens is 8. The quantitative estimate of drug-likeness (QED) is 0.281. The molecule has 0 spiro atoms. The molecule has 7 heterocycles. The lowest BCUT2D eigenvalue weighted by Gasteiger charge is -2.42. The Morgan fingerprint density at radius 3 is 2.55 bits per heavy atom. The minimum Gasteiger partial charge on any atom is -0.444 e. The molecule has 1 aliphatic rings. The Hall–Kier alpha value is -5.41. The Balaban J connectivity index is 1.58. The van der Waals surface area contributed by atoms with Crippen LogP contribution in [0.5, 0.6) is 0 Å². The van der Waals surface area contributed by atoms with Crippen molar-refractivity contribution in [2.75, 3.05) is 10.0 Å². The van der Waals surface area contributed by atoms with Crippen LogP contribution in [0.2, 0.25) is 0 Å². The molecule has 8 rings (SSSR count).